The normalized spacial score (nSPS) is 10.6. The van der Waals surface area contributed by atoms with Crippen LogP contribution in [0.5, 0.6) is 23.0 Å². The quantitative estimate of drug-likeness (QED) is 0.522. The second-order valence-corrected chi connectivity index (χ2v) is 6.67. The molecule has 3 aromatic carbocycles. The van der Waals surface area contributed by atoms with Crippen LogP contribution >= 0.6 is 0 Å². The molecule has 2 heteroatoms. The fraction of sp³-hybridized carbons (Fsp3) is 0.217. The highest BCUT2D eigenvalue weighted by molar-refractivity contribution is 5.46. The van der Waals surface area contributed by atoms with E-state index in [1.54, 1.807) is 0 Å². The predicted molar refractivity (Wildman–Crippen MR) is 103 cm³/mol. The first kappa shape index (κ1) is 17.1. The fourth-order valence-corrected chi connectivity index (χ4v) is 2.87. The summed E-state index contributed by atoms with van der Waals surface area (Å²) in [5, 5.41) is 0. The second-order valence-electron chi connectivity index (χ2n) is 6.67. The van der Waals surface area contributed by atoms with Gasteiger partial charge in [0.05, 0.1) is 0 Å². The Morgan fingerprint density at radius 1 is 0.480 bits per heavy atom. The molecule has 3 aromatic rings. The maximum Gasteiger partial charge on any atom is 0.130 e. The van der Waals surface area contributed by atoms with Crippen molar-refractivity contribution < 1.29 is 9.47 Å². The molecule has 128 valence electrons. The molecule has 0 saturated carbocycles. The van der Waals surface area contributed by atoms with Gasteiger partial charge in [-0.3, -0.25) is 0 Å². The highest BCUT2D eigenvalue weighted by Gasteiger charge is 2.08. The molecule has 0 saturated heterocycles. The molecule has 25 heavy (non-hydrogen) atoms. The number of hydrogen-bond acceptors (Lipinski definition) is 2. The summed E-state index contributed by atoms with van der Waals surface area (Å²) < 4.78 is 12.1. The molecule has 0 aliphatic rings. The highest BCUT2D eigenvalue weighted by atomic mass is 16.5. The van der Waals surface area contributed by atoms with Gasteiger partial charge in [0.15, 0.2) is 0 Å². The van der Waals surface area contributed by atoms with Gasteiger partial charge in [0.25, 0.3) is 0 Å². The van der Waals surface area contributed by atoms with Gasteiger partial charge < -0.3 is 9.47 Å². The molecular formula is C23H24O2. The van der Waals surface area contributed by atoms with Gasteiger partial charge in [-0.2, -0.15) is 0 Å². The van der Waals surface area contributed by atoms with Gasteiger partial charge in [0, 0.05) is 0 Å². The highest BCUT2D eigenvalue weighted by Crippen LogP contribution is 2.32. The number of aryl methyl sites for hydroxylation is 5. The first-order valence-corrected chi connectivity index (χ1v) is 8.53. The van der Waals surface area contributed by atoms with Crippen LogP contribution in [-0.4, -0.2) is 0 Å². The minimum absolute atomic E-state index is 0.817. The monoisotopic (exact) mass is 332 g/mol. The zero-order chi connectivity index (χ0) is 18.0. The molecule has 0 spiro atoms. The molecule has 3 rings (SSSR count). The van der Waals surface area contributed by atoms with Crippen LogP contribution in [0.15, 0.2) is 54.6 Å². The molecule has 2 nitrogen and oxygen atoms in total. The van der Waals surface area contributed by atoms with E-state index >= 15 is 0 Å². The van der Waals surface area contributed by atoms with Crippen molar-refractivity contribution in [2.24, 2.45) is 0 Å². The van der Waals surface area contributed by atoms with E-state index < -0.39 is 0 Å². The lowest BCUT2D eigenvalue weighted by Gasteiger charge is -2.14. The van der Waals surface area contributed by atoms with E-state index in [4.69, 9.17) is 9.47 Å². The summed E-state index contributed by atoms with van der Waals surface area (Å²) in [5.74, 6) is 3.43. The Labute approximate surface area is 150 Å². The Bertz CT molecular complexity index is 910. The lowest BCUT2D eigenvalue weighted by atomic mass is 10.1. The molecule has 0 N–H and O–H groups in total. The average molecular weight is 332 g/mol. The van der Waals surface area contributed by atoms with Crippen molar-refractivity contribution in [2.75, 3.05) is 0 Å². The van der Waals surface area contributed by atoms with Crippen LogP contribution in [0.4, 0.5) is 0 Å². The number of benzene rings is 3. The molecule has 0 heterocycles. The number of rotatable bonds is 4. The first-order chi connectivity index (χ1) is 11.9. The average Bonchev–Trinajstić information content (AvgIpc) is 2.55. The third-order valence-electron chi connectivity index (χ3n) is 4.25. The molecule has 0 unspecified atom stereocenters. The van der Waals surface area contributed by atoms with E-state index in [-0.39, 0.29) is 0 Å². The minimum Gasteiger partial charge on any atom is -0.457 e. The van der Waals surface area contributed by atoms with Gasteiger partial charge >= 0.3 is 0 Å². The molecule has 0 amide bonds. The zero-order valence-corrected chi connectivity index (χ0v) is 15.5. The fourth-order valence-electron chi connectivity index (χ4n) is 2.87. The lowest BCUT2D eigenvalue weighted by molar-refractivity contribution is 0.462. The minimum atomic E-state index is 0.817. The van der Waals surface area contributed by atoms with Crippen LogP contribution in [0, 0.1) is 34.6 Å². The van der Waals surface area contributed by atoms with Crippen molar-refractivity contribution in [3.63, 3.8) is 0 Å². The van der Waals surface area contributed by atoms with Crippen LogP contribution in [0.25, 0.3) is 0 Å². The predicted octanol–water partition coefficient (Wildman–Crippen LogP) is 6.81. The topological polar surface area (TPSA) is 18.5 Å². The van der Waals surface area contributed by atoms with Crippen LogP contribution in [0.1, 0.15) is 27.8 Å². The second kappa shape index (κ2) is 7.02. The Kier molecular flexibility index (Phi) is 4.80. The van der Waals surface area contributed by atoms with E-state index in [1.807, 2.05) is 37.3 Å². The first-order valence-electron chi connectivity index (χ1n) is 8.53. The Morgan fingerprint density at radius 3 is 1.40 bits per heavy atom. The van der Waals surface area contributed by atoms with Gasteiger partial charge in [0.2, 0.25) is 0 Å². The maximum absolute atomic E-state index is 6.08. The van der Waals surface area contributed by atoms with Crippen molar-refractivity contribution in [1.29, 1.82) is 0 Å². The molecule has 0 aromatic heterocycles. The van der Waals surface area contributed by atoms with Crippen molar-refractivity contribution in [3.8, 4) is 23.0 Å². The Hall–Kier alpha value is -2.74. The SMILES string of the molecule is Cc1ccc(Oc2ccc(Oc3ccc(C)cc3C)c(C)c2)c(C)c1. The number of ether oxygens (including phenoxy) is 2. The summed E-state index contributed by atoms with van der Waals surface area (Å²) in [6.07, 6.45) is 0. The molecular weight excluding hydrogens is 308 g/mol. The number of hydrogen-bond donors (Lipinski definition) is 0. The van der Waals surface area contributed by atoms with E-state index in [1.165, 1.54) is 11.1 Å². The van der Waals surface area contributed by atoms with Gasteiger partial charge in [-0.05, 0) is 81.6 Å². The zero-order valence-electron chi connectivity index (χ0n) is 15.5. The van der Waals surface area contributed by atoms with Crippen LogP contribution in [0.2, 0.25) is 0 Å². The van der Waals surface area contributed by atoms with Crippen molar-refractivity contribution in [3.05, 3.63) is 82.4 Å². The van der Waals surface area contributed by atoms with Gasteiger partial charge in [-0.15, -0.1) is 0 Å². The van der Waals surface area contributed by atoms with Crippen molar-refractivity contribution in [1.82, 2.24) is 0 Å². The molecule has 0 aliphatic carbocycles. The standard InChI is InChI=1S/C23H24O2/c1-15-6-9-21(17(3)12-15)24-20-8-11-23(19(5)14-20)25-22-10-7-16(2)13-18(22)4/h6-14H,1-5H3. The largest absolute Gasteiger partial charge is 0.457 e. The van der Waals surface area contributed by atoms with Crippen molar-refractivity contribution in [2.45, 2.75) is 34.6 Å². The Balaban J connectivity index is 1.80. The summed E-state index contributed by atoms with van der Waals surface area (Å²) in [6, 6.07) is 18.3. The van der Waals surface area contributed by atoms with Crippen LogP contribution in [-0.2, 0) is 0 Å². The molecule has 0 radical (unpaired) electrons. The third kappa shape index (κ3) is 4.03. The van der Waals surface area contributed by atoms with Gasteiger partial charge in [-0.1, -0.05) is 35.4 Å². The summed E-state index contributed by atoms with van der Waals surface area (Å²) in [7, 11) is 0. The van der Waals surface area contributed by atoms with Crippen LogP contribution < -0.4 is 9.47 Å². The van der Waals surface area contributed by atoms with Gasteiger partial charge in [-0.25, -0.2) is 0 Å². The Morgan fingerprint density at radius 2 is 0.920 bits per heavy atom. The third-order valence-corrected chi connectivity index (χ3v) is 4.25. The van der Waals surface area contributed by atoms with E-state index in [9.17, 15) is 0 Å². The smallest absolute Gasteiger partial charge is 0.130 e. The maximum atomic E-state index is 6.08. The molecule has 0 bridgehead atoms. The van der Waals surface area contributed by atoms with E-state index in [2.05, 4.69) is 52.0 Å². The summed E-state index contributed by atoms with van der Waals surface area (Å²) in [6.45, 7) is 10.3. The van der Waals surface area contributed by atoms with Gasteiger partial charge in [0.1, 0.15) is 23.0 Å². The van der Waals surface area contributed by atoms with E-state index in [0.29, 0.717) is 0 Å². The summed E-state index contributed by atoms with van der Waals surface area (Å²) >= 11 is 0. The lowest BCUT2D eigenvalue weighted by Crippen LogP contribution is -1.93. The van der Waals surface area contributed by atoms with E-state index in [0.717, 1.165) is 39.7 Å². The summed E-state index contributed by atoms with van der Waals surface area (Å²) in [4.78, 5) is 0. The molecule has 0 fully saturated rings. The molecule has 0 aliphatic heterocycles. The van der Waals surface area contributed by atoms with Crippen molar-refractivity contribution >= 4 is 0 Å². The van der Waals surface area contributed by atoms with Crippen LogP contribution in [0.3, 0.4) is 0 Å². The summed E-state index contributed by atoms with van der Waals surface area (Å²) in [5.41, 5.74) is 5.78. The molecule has 0 atom stereocenters.